The average Bonchev–Trinajstić information content (AvgIpc) is 3.29. The van der Waals surface area contributed by atoms with E-state index in [0.717, 1.165) is 23.4 Å². The van der Waals surface area contributed by atoms with Crippen LogP contribution in [0, 0.1) is 5.92 Å². The fourth-order valence-electron chi connectivity index (χ4n) is 3.14. The van der Waals surface area contributed by atoms with Gasteiger partial charge in [0.25, 0.3) is 0 Å². The van der Waals surface area contributed by atoms with E-state index >= 15 is 0 Å². The lowest BCUT2D eigenvalue weighted by Crippen LogP contribution is -2.27. The molecule has 0 aromatic carbocycles. The third-order valence-electron chi connectivity index (χ3n) is 4.44. The topological polar surface area (TPSA) is 72.2 Å². The minimum atomic E-state index is -0.275. The Morgan fingerprint density at radius 1 is 1.35 bits per heavy atom. The number of hydrogen-bond acceptors (Lipinski definition) is 5. The summed E-state index contributed by atoms with van der Waals surface area (Å²) in [6.45, 7) is 2.65. The van der Waals surface area contributed by atoms with Crippen molar-refractivity contribution in [1.82, 2.24) is 9.78 Å². The number of aryl methyl sites for hydroxylation is 1. The molecule has 0 saturated heterocycles. The normalized spacial score (nSPS) is 21.9. The highest BCUT2D eigenvalue weighted by Gasteiger charge is 2.40. The molecule has 1 aromatic heterocycles. The Labute approximate surface area is 144 Å². The van der Waals surface area contributed by atoms with Gasteiger partial charge in [-0.25, -0.2) is 0 Å². The van der Waals surface area contributed by atoms with Gasteiger partial charge in [-0.05, 0) is 26.0 Å². The van der Waals surface area contributed by atoms with Crippen LogP contribution in [-0.2, 0) is 16.1 Å². The highest BCUT2D eigenvalue weighted by Crippen LogP contribution is 2.43. The van der Waals surface area contributed by atoms with E-state index in [0.29, 0.717) is 11.7 Å². The molecule has 7 heteroatoms. The summed E-state index contributed by atoms with van der Waals surface area (Å²) in [7, 11) is 0. The van der Waals surface area contributed by atoms with Crippen molar-refractivity contribution in [3.8, 4) is 0 Å². The van der Waals surface area contributed by atoms with Crippen LogP contribution in [0.3, 0.4) is 0 Å². The third-order valence-corrected chi connectivity index (χ3v) is 5.53. The molecule has 2 aliphatic rings. The smallest absolute Gasteiger partial charge is 0.170 e. The second-order valence-corrected chi connectivity index (χ2v) is 7.17. The molecule has 2 saturated carbocycles. The number of aromatic nitrogens is 2. The largest absolute Gasteiger partial charge is 0.511 e. The molecule has 0 atom stereocenters. The lowest BCUT2D eigenvalue weighted by atomic mass is 9.80. The second kappa shape index (κ2) is 6.32. The summed E-state index contributed by atoms with van der Waals surface area (Å²) >= 11 is 7.78. The van der Waals surface area contributed by atoms with E-state index in [2.05, 4.69) is 5.10 Å². The van der Waals surface area contributed by atoms with Crippen LogP contribution in [0.25, 0.3) is 0 Å². The maximum absolute atomic E-state index is 12.4. The van der Waals surface area contributed by atoms with Crippen molar-refractivity contribution in [2.75, 3.05) is 6.26 Å². The first-order valence-corrected chi connectivity index (χ1v) is 9.37. The van der Waals surface area contributed by atoms with Crippen molar-refractivity contribution in [2.24, 2.45) is 5.92 Å². The standard InChI is InChI=1S/C16H19ClN2O3S/c1-3-19-16(23-2)12(15(17)18-19)9-6-10(20)13(11(21)7-9)14(22)8-4-5-8/h8-9,22H,3-7H2,1-2H3. The van der Waals surface area contributed by atoms with Gasteiger partial charge in [-0.1, -0.05) is 11.6 Å². The molecule has 0 radical (unpaired) electrons. The van der Waals surface area contributed by atoms with Crippen LogP contribution in [0.4, 0.5) is 0 Å². The summed E-state index contributed by atoms with van der Waals surface area (Å²) in [5.74, 6) is -0.812. The molecule has 124 valence electrons. The first kappa shape index (κ1) is 16.6. The zero-order chi connectivity index (χ0) is 16.7. The molecule has 2 fully saturated rings. The number of aliphatic hydroxyl groups is 1. The molecule has 0 aliphatic heterocycles. The number of aliphatic hydroxyl groups excluding tert-OH is 1. The van der Waals surface area contributed by atoms with Crippen LogP contribution >= 0.6 is 23.4 Å². The maximum atomic E-state index is 12.4. The van der Waals surface area contributed by atoms with Crippen molar-refractivity contribution in [3.63, 3.8) is 0 Å². The molecule has 5 nitrogen and oxygen atoms in total. The fraction of sp³-hybridized carbons (Fsp3) is 0.562. The molecule has 0 amide bonds. The van der Waals surface area contributed by atoms with E-state index in [1.54, 1.807) is 4.68 Å². The Bertz CT molecular complexity index is 686. The molecule has 0 bridgehead atoms. The summed E-state index contributed by atoms with van der Waals surface area (Å²) in [6.07, 6.45) is 4.02. The third kappa shape index (κ3) is 2.94. The predicted octanol–water partition coefficient (Wildman–Crippen LogP) is 3.52. The van der Waals surface area contributed by atoms with E-state index in [4.69, 9.17) is 11.6 Å². The average molecular weight is 355 g/mol. The first-order chi connectivity index (χ1) is 11.0. The highest BCUT2D eigenvalue weighted by atomic mass is 35.5. The van der Waals surface area contributed by atoms with Crippen molar-refractivity contribution in [3.05, 3.63) is 22.0 Å². The number of Topliss-reactive ketones (excluding diaryl/α,β-unsaturated/α-hetero) is 2. The number of carbonyl (C=O) groups excluding carboxylic acids is 2. The van der Waals surface area contributed by atoms with Crippen LogP contribution in [0.1, 0.15) is 44.1 Å². The molecule has 2 aliphatic carbocycles. The number of hydrogen-bond donors (Lipinski definition) is 1. The molecular weight excluding hydrogens is 336 g/mol. The summed E-state index contributed by atoms with van der Waals surface area (Å²) in [6, 6.07) is 0. The number of thioether (sulfide) groups is 1. The van der Waals surface area contributed by atoms with Crippen LogP contribution in [0.5, 0.6) is 0 Å². The van der Waals surface area contributed by atoms with Gasteiger partial charge in [-0.15, -0.1) is 11.8 Å². The zero-order valence-electron chi connectivity index (χ0n) is 13.1. The van der Waals surface area contributed by atoms with Gasteiger partial charge in [-0.3, -0.25) is 14.3 Å². The Morgan fingerprint density at radius 2 is 1.96 bits per heavy atom. The van der Waals surface area contributed by atoms with Gasteiger partial charge >= 0.3 is 0 Å². The highest BCUT2D eigenvalue weighted by molar-refractivity contribution is 7.98. The van der Waals surface area contributed by atoms with Gasteiger partial charge in [0.1, 0.15) is 5.76 Å². The van der Waals surface area contributed by atoms with Gasteiger partial charge in [0.05, 0.1) is 10.6 Å². The van der Waals surface area contributed by atoms with Crippen molar-refractivity contribution < 1.29 is 14.7 Å². The second-order valence-electron chi connectivity index (χ2n) is 6.02. The first-order valence-electron chi connectivity index (χ1n) is 7.77. The molecule has 3 rings (SSSR count). The predicted molar refractivity (Wildman–Crippen MR) is 89.1 cm³/mol. The van der Waals surface area contributed by atoms with E-state index in [9.17, 15) is 14.7 Å². The summed E-state index contributed by atoms with van der Waals surface area (Å²) < 4.78 is 1.80. The van der Waals surface area contributed by atoms with Gasteiger partial charge in [0, 0.05) is 36.8 Å². The molecule has 23 heavy (non-hydrogen) atoms. The minimum absolute atomic E-state index is 0.00103. The SMILES string of the molecule is CCn1nc(Cl)c(C2CC(=O)C(=C(O)C3CC3)C(=O)C2)c1SC. The number of ketones is 2. The van der Waals surface area contributed by atoms with E-state index in [-0.39, 0.29) is 47.6 Å². The molecule has 1 N–H and O–H groups in total. The number of rotatable bonds is 4. The quantitative estimate of drug-likeness (QED) is 0.387. The molecule has 0 spiro atoms. The lowest BCUT2D eigenvalue weighted by molar-refractivity contribution is -0.124. The Kier molecular flexibility index (Phi) is 4.56. The van der Waals surface area contributed by atoms with Gasteiger partial charge < -0.3 is 5.11 Å². The van der Waals surface area contributed by atoms with Crippen molar-refractivity contribution in [2.45, 2.75) is 50.1 Å². The molecule has 1 aromatic rings. The summed E-state index contributed by atoms with van der Waals surface area (Å²) in [5.41, 5.74) is 0.807. The van der Waals surface area contributed by atoms with Gasteiger partial charge in [-0.2, -0.15) is 5.10 Å². The minimum Gasteiger partial charge on any atom is -0.511 e. The fourth-order valence-corrected chi connectivity index (χ4v) is 4.39. The Hall–Kier alpha value is -1.27. The van der Waals surface area contributed by atoms with Crippen molar-refractivity contribution >= 4 is 34.9 Å². The van der Waals surface area contributed by atoms with Crippen molar-refractivity contribution in [1.29, 1.82) is 0 Å². The number of halogens is 1. The number of nitrogens with zero attached hydrogens (tertiary/aromatic N) is 2. The Morgan fingerprint density at radius 3 is 2.43 bits per heavy atom. The maximum Gasteiger partial charge on any atom is 0.170 e. The number of allylic oxidation sites excluding steroid dienone is 2. The van der Waals surface area contributed by atoms with E-state index < -0.39 is 0 Å². The van der Waals surface area contributed by atoms with Gasteiger partial charge in [0.15, 0.2) is 16.7 Å². The van der Waals surface area contributed by atoms with Gasteiger partial charge in [0.2, 0.25) is 0 Å². The van der Waals surface area contributed by atoms with Crippen LogP contribution in [-0.4, -0.2) is 32.7 Å². The van der Waals surface area contributed by atoms with Crippen LogP contribution in [0.2, 0.25) is 5.15 Å². The molecule has 1 heterocycles. The monoisotopic (exact) mass is 354 g/mol. The van der Waals surface area contributed by atoms with Crippen LogP contribution in [0.15, 0.2) is 16.4 Å². The molecule has 0 unspecified atom stereocenters. The summed E-state index contributed by atoms with van der Waals surface area (Å²) in [5, 5.41) is 15.7. The van der Waals surface area contributed by atoms with E-state index in [1.807, 2.05) is 13.2 Å². The Balaban J connectivity index is 1.93. The molecular formula is C16H19ClN2O3S. The van der Waals surface area contributed by atoms with Crippen LogP contribution < -0.4 is 0 Å². The van der Waals surface area contributed by atoms with E-state index in [1.165, 1.54) is 11.8 Å². The number of carbonyl (C=O) groups is 2. The summed E-state index contributed by atoms with van der Waals surface area (Å²) in [4.78, 5) is 24.9. The zero-order valence-corrected chi connectivity index (χ0v) is 14.7. The lowest BCUT2D eigenvalue weighted by Gasteiger charge is -2.23.